The summed E-state index contributed by atoms with van der Waals surface area (Å²) in [5, 5.41) is 4.14. The highest BCUT2D eigenvalue weighted by molar-refractivity contribution is 14.1. The second-order valence-corrected chi connectivity index (χ2v) is 4.10. The molecule has 0 amide bonds. The summed E-state index contributed by atoms with van der Waals surface area (Å²) in [6.45, 7) is 0. The molecule has 0 fully saturated rings. The number of rotatable bonds is 1. The zero-order valence-electron chi connectivity index (χ0n) is 7.24. The van der Waals surface area contributed by atoms with Crippen LogP contribution in [-0.4, -0.2) is 9.78 Å². The topological polar surface area (TPSA) is 17.8 Å². The second-order valence-electron chi connectivity index (χ2n) is 2.85. The highest BCUT2D eigenvalue weighted by Crippen LogP contribution is 2.19. The van der Waals surface area contributed by atoms with Crippen molar-refractivity contribution in [2.24, 2.45) is 7.05 Å². The van der Waals surface area contributed by atoms with Gasteiger partial charge in [0.25, 0.3) is 0 Å². The van der Waals surface area contributed by atoms with Crippen LogP contribution in [0.4, 0.5) is 0 Å². The molecule has 0 N–H and O–H groups in total. The maximum atomic E-state index is 4.14. The first-order chi connectivity index (χ1) is 6.27. The van der Waals surface area contributed by atoms with E-state index in [1.54, 1.807) is 0 Å². The number of halogens is 1. The minimum absolute atomic E-state index is 1.15. The van der Waals surface area contributed by atoms with E-state index in [0.717, 1.165) is 5.69 Å². The van der Waals surface area contributed by atoms with E-state index < -0.39 is 0 Å². The van der Waals surface area contributed by atoms with Gasteiger partial charge in [-0.15, -0.1) is 0 Å². The third kappa shape index (κ3) is 1.75. The summed E-state index contributed by atoms with van der Waals surface area (Å²) < 4.78 is 3.13. The molecule has 0 radical (unpaired) electrons. The minimum Gasteiger partial charge on any atom is -0.268 e. The van der Waals surface area contributed by atoms with Crippen molar-refractivity contribution in [3.8, 4) is 11.3 Å². The molecule has 0 bridgehead atoms. The molecule has 1 aromatic carbocycles. The molecule has 0 aliphatic carbocycles. The van der Waals surface area contributed by atoms with Gasteiger partial charge >= 0.3 is 0 Å². The van der Waals surface area contributed by atoms with E-state index in [2.05, 4.69) is 52.0 Å². The Morgan fingerprint density at radius 1 is 1.31 bits per heavy atom. The standard InChI is InChI=1S/C10H9IN2/c1-13-10(5-6-12-13)8-3-2-4-9(11)7-8/h2-7H,1H3. The molecule has 0 unspecified atom stereocenters. The Bertz CT molecular complexity index is 420. The van der Waals surface area contributed by atoms with Gasteiger partial charge in [0.2, 0.25) is 0 Å². The van der Waals surface area contributed by atoms with Crippen LogP contribution in [0, 0.1) is 3.57 Å². The Labute approximate surface area is 90.7 Å². The number of hydrogen-bond acceptors (Lipinski definition) is 1. The molecular formula is C10H9IN2. The van der Waals surface area contributed by atoms with Crippen LogP contribution >= 0.6 is 22.6 Å². The Kier molecular flexibility index (Phi) is 2.35. The Balaban J connectivity index is 2.53. The molecule has 3 heteroatoms. The summed E-state index contributed by atoms with van der Waals surface area (Å²) in [6.07, 6.45) is 1.81. The molecule has 13 heavy (non-hydrogen) atoms. The van der Waals surface area contributed by atoms with E-state index in [1.165, 1.54) is 9.13 Å². The van der Waals surface area contributed by atoms with Gasteiger partial charge in [-0.05, 0) is 40.8 Å². The van der Waals surface area contributed by atoms with Gasteiger partial charge < -0.3 is 0 Å². The minimum atomic E-state index is 1.15. The maximum Gasteiger partial charge on any atom is 0.0679 e. The Morgan fingerprint density at radius 2 is 2.15 bits per heavy atom. The first kappa shape index (κ1) is 8.74. The average molecular weight is 284 g/mol. The van der Waals surface area contributed by atoms with Gasteiger partial charge in [0.1, 0.15) is 0 Å². The predicted molar refractivity (Wildman–Crippen MR) is 61.4 cm³/mol. The number of hydrogen-bond donors (Lipinski definition) is 0. The molecule has 2 aromatic rings. The van der Waals surface area contributed by atoms with Crippen molar-refractivity contribution in [1.82, 2.24) is 9.78 Å². The van der Waals surface area contributed by atoms with E-state index >= 15 is 0 Å². The quantitative estimate of drug-likeness (QED) is 0.736. The van der Waals surface area contributed by atoms with Crippen LogP contribution < -0.4 is 0 Å². The summed E-state index contributed by atoms with van der Waals surface area (Å²) in [6, 6.07) is 10.4. The van der Waals surface area contributed by atoms with E-state index in [1.807, 2.05) is 24.0 Å². The average Bonchev–Trinajstić information content (AvgIpc) is 2.51. The van der Waals surface area contributed by atoms with Gasteiger partial charge in [0, 0.05) is 22.4 Å². The lowest BCUT2D eigenvalue weighted by molar-refractivity contribution is 0.776. The van der Waals surface area contributed by atoms with E-state index in [-0.39, 0.29) is 0 Å². The number of aromatic nitrogens is 2. The summed E-state index contributed by atoms with van der Waals surface area (Å²) in [7, 11) is 1.95. The van der Waals surface area contributed by atoms with Crippen molar-refractivity contribution < 1.29 is 0 Å². The highest BCUT2D eigenvalue weighted by Gasteiger charge is 2.01. The predicted octanol–water partition coefficient (Wildman–Crippen LogP) is 2.69. The molecule has 0 aliphatic heterocycles. The van der Waals surface area contributed by atoms with E-state index in [9.17, 15) is 0 Å². The number of nitrogens with zero attached hydrogens (tertiary/aromatic N) is 2. The molecule has 0 saturated carbocycles. The largest absolute Gasteiger partial charge is 0.268 e. The normalized spacial score (nSPS) is 10.3. The third-order valence-electron chi connectivity index (χ3n) is 1.94. The van der Waals surface area contributed by atoms with Crippen molar-refractivity contribution in [2.75, 3.05) is 0 Å². The fraction of sp³-hybridized carbons (Fsp3) is 0.100. The lowest BCUT2D eigenvalue weighted by atomic mass is 10.1. The summed E-state index contributed by atoms with van der Waals surface area (Å²) in [5.41, 5.74) is 2.37. The molecule has 1 aromatic heterocycles. The van der Waals surface area contributed by atoms with Crippen molar-refractivity contribution in [3.63, 3.8) is 0 Å². The molecule has 0 spiro atoms. The Morgan fingerprint density at radius 3 is 2.77 bits per heavy atom. The second kappa shape index (κ2) is 3.49. The highest BCUT2D eigenvalue weighted by atomic mass is 127. The monoisotopic (exact) mass is 284 g/mol. The van der Waals surface area contributed by atoms with Crippen LogP contribution in [0.3, 0.4) is 0 Å². The van der Waals surface area contributed by atoms with Gasteiger partial charge in [-0.25, -0.2) is 0 Å². The van der Waals surface area contributed by atoms with Crippen LogP contribution in [-0.2, 0) is 7.05 Å². The summed E-state index contributed by atoms with van der Waals surface area (Å²) in [4.78, 5) is 0. The molecule has 0 saturated heterocycles. The maximum absolute atomic E-state index is 4.14. The lowest BCUT2D eigenvalue weighted by Gasteiger charge is -2.01. The van der Waals surface area contributed by atoms with Crippen LogP contribution in [0.1, 0.15) is 0 Å². The van der Waals surface area contributed by atoms with Crippen LogP contribution in [0.2, 0.25) is 0 Å². The first-order valence-electron chi connectivity index (χ1n) is 4.01. The lowest BCUT2D eigenvalue weighted by Crippen LogP contribution is -1.92. The van der Waals surface area contributed by atoms with Gasteiger partial charge in [-0.3, -0.25) is 4.68 Å². The summed E-state index contributed by atoms with van der Waals surface area (Å²) >= 11 is 2.31. The fourth-order valence-electron chi connectivity index (χ4n) is 1.30. The van der Waals surface area contributed by atoms with Crippen molar-refractivity contribution in [1.29, 1.82) is 0 Å². The van der Waals surface area contributed by atoms with E-state index in [4.69, 9.17) is 0 Å². The van der Waals surface area contributed by atoms with Crippen LogP contribution in [0.15, 0.2) is 36.5 Å². The van der Waals surface area contributed by atoms with Crippen molar-refractivity contribution >= 4 is 22.6 Å². The molecule has 2 rings (SSSR count). The number of benzene rings is 1. The van der Waals surface area contributed by atoms with Gasteiger partial charge in [-0.2, -0.15) is 5.10 Å². The van der Waals surface area contributed by atoms with Crippen LogP contribution in [0.25, 0.3) is 11.3 Å². The Hall–Kier alpha value is -0.840. The smallest absolute Gasteiger partial charge is 0.0679 e. The molecule has 0 aliphatic rings. The van der Waals surface area contributed by atoms with Crippen molar-refractivity contribution in [2.45, 2.75) is 0 Å². The van der Waals surface area contributed by atoms with Gasteiger partial charge in [0.05, 0.1) is 5.69 Å². The summed E-state index contributed by atoms with van der Waals surface area (Å²) in [5.74, 6) is 0. The fourth-order valence-corrected chi connectivity index (χ4v) is 1.85. The zero-order valence-corrected chi connectivity index (χ0v) is 9.39. The number of aryl methyl sites for hydroxylation is 1. The molecule has 0 atom stereocenters. The van der Waals surface area contributed by atoms with Crippen molar-refractivity contribution in [3.05, 3.63) is 40.1 Å². The first-order valence-corrected chi connectivity index (χ1v) is 5.09. The zero-order chi connectivity index (χ0) is 9.26. The molecule has 2 nitrogen and oxygen atoms in total. The molecular weight excluding hydrogens is 275 g/mol. The van der Waals surface area contributed by atoms with Gasteiger partial charge in [-0.1, -0.05) is 12.1 Å². The van der Waals surface area contributed by atoms with E-state index in [0.29, 0.717) is 0 Å². The SMILES string of the molecule is Cn1nccc1-c1cccc(I)c1. The third-order valence-corrected chi connectivity index (χ3v) is 2.61. The van der Waals surface area contributed by atoms with Gasteiger partial charge in [0.15, 0.2) is 0 Å². The molecule has 66 valence electrons. The molecule has 1 heterocycles. The van der Waals surface area contributed by atoms with Crippen LogP contribution in [0.5, 0.6) is 0 Å².